The van der Waals surface area contributed by atoms with E-state index < -0.39 is 17.3 Å². The fraction of sp³-hybridized carbons (Fsp3) is 0.324. The lowest BCUT2D eigenvalue weighted by Gasteiger charge is -2.40. The first-order valence-corrected chi connectivity index (χ1v) is 14.7. The van der Waals surface area contributed by atoms with Gasteiger partial charge in [-0.3, -0.25) is 9.78 Å². The molecule has 1 aromatic carbocycles. The molecule has 0 N–H and O–H groups in total. The van der Waals surface area contributed by atoms with Crippen molar-refractivity contribution in [2.24, 2.45) is 0 Å². The molecule has 4 heterocycles. The number of amides is 1. The third kappa shape index (κ3) is 5.88. The largest absolute Gasteiger partial charge is 0.492 e. The molecule has 0 aliphatic carbocycles. The van der Waals surface area contributed by atoms with Crippen LogP contribution in [-0.2, 0) is 4.79 Å². The number of benzene rings is 1. The third-order valence-electron chi connectivity index (χ3n) is 7.83. The van der Waals surface area contributed by atoms with Crippen molar-refractivity contribution in [1.82, 2.24) is 24.4 Å². The Hall–Kier alpha value is -5.11. The minimum absolute atomic E-state index is 0.0660. The van der Waals surface area contributed by atoms with E-state index in [9.17, 15) is 9.59 Å². The van der Waals surface area contributed by atoms with Crippen LogP contribution in [0.2, 0.25) is 0 Å². The minimum Gasteiger partial charge on any atom is -0.492 e. The van der Waals surface area contributed by atoms with Crippen molar-refractivity contribution in [2.75, 3.05) is 31.1 Å². The van der Waals surface area contributed by atoms with Crippen molar-refractivity contribution in [2.45, 2.75) is 46.1 Å². The van der Waals surface area contributed by atoms with Crippen LogP contribution < -0.4 is 15.3 Å². The summed E-state index contributed by atoms with van der Waals surface area (Å²) in [6.07, 6.45) is 8.54. The van der Waals surface area contributed by atoms with E-state index >= 15 is 8.78 Å². The van der Waals surface area contributed by atoms with E-state index in [0.29, 0.717) is 31.0 Å². The zero-order valence-electron chi connectivity index (χ0n) is 25.7. The Labute approximate surface area is 260 Å². The van der Waals surface area contributed by atoms with Crippen molar-refractivity contribution in [1.29, 1.82) is 0 Å². The first kappa shape index (κ1) is 31.3. The molecule has 1 saturated heterocycles. The molecule has 0 saturated carbocycles. The zero-order chi connectivity index (χ0) is 32.4. The maximum atomic E-state index is 16.2. The van der Waals surface area contributed by atoms with Gasteiger partial charge in [0.1, 0.15) is 23.1 Å². The molecule has 0 bridgehead atoms. The molecule has 1 aliphatic rings. The Morgan fingerprint density at radius 3 is 2.69 bits per heavy atom. The number of piperazine rings is 1. The summed E-state index contributed by atoms with van der Waals surface area (Å²) in [4.78, 5) is 43.6. The van der Waals surface area contributed by atoms with E-state index in [1.54, 1.807) is 17.2 Å². The molecule has 11 heteroatoms. The summed E-state index contributed by atoms with van der Waals surface area (Å²) in [5.41, 5.74) is 0.723. The van der Waals surface area contributed by atoms with Gasteiger partial charge in [0.25, 0.3) is 0 Å². The molecule has 45 heavy (non-hydrogen) atoms. The van der Waals surface area contributed by atoms with Crippen molar-refractivity contribution < 1.29 is 18.3 Å². The molecule has 0 spiro atoms. The smallest absolute Gasteiger partial charge is 0.355 e. The SMILES string of the molecule is C#CCCOc1cccc(F)c1-c1nc2c(cc1F)c(N1CCN(C(=O)C=C)C[C@@H]1C)nc(=O)n2-c1c(C)ccnc1C(C)C. The van der Waals surface area contributed by atoms with E-state index in [2.05, 4.69) is 27.5 Å². The predicted octanol–water partition coefficient (Wildman–Crippen LogP) is 5.18. The Morgan fingerprint density at radius 2 is 2.00 bits per heavy atom. The molecule has 1 fully saturated rings. The van der Waals surface area contributed by atoms with Crippen LogP contribution in [0.25, 0.3) is 28.0 Å². The van der Waals surface area contributed by atoms with Gasteiger partial charge in [-0.1, -0.05) is 26.5 Å². The number of halogens is 2. The first-order chi connectivity index (χ1) is 21.6. The zero-order valence-corrected chi connectivity index (χ0v) is 25.7. The summed E-state index contributed by atoms with van der Waals surface area (Å²) in [7, 11) is 0. The highest BCUT2D eigenvalue weighted by molar-refractivity contribution is 5.91. The van der Waals surface area contributed by atoms with E-state index in [1.807, 2.05) is 32.6 Å². The molecule has 1 amide bonds. The predicted molar refractivity (Wildman–Crippen MR) is 170 cm³/mol. The monoisotopic (exact) mass is 612 g/mol. The summed E-state index contributed by atoms with van der Waals surface area (Å²) in [6.45, 7) is 12.3. The van der Waals surface area contributed by atoms with Crippen LogP contribution in [-0.4, -0.2) is 62.6 Å². The molecular weight excluding hydrogens is 578 g/mol. The number of aromatic nitrogens is 4. The molecular formula is C34H34F2N6O3. The number of fused-ring (bicyclic) bond motifs is 1. The van der Waals surface area contributed by atoms with Crippen molar-refractivity contribution in [3.8, 4) is 35.0 Å². The van der Waals surface area contributed by atoms with Gasteiger partial charge in [-0.25, -0.2) is 23.1 Å². The van der Waals surface area contributed by atoms with Gasteiger partial charge in [0.15, 0.2) is 11.5 Å². The molecule has 1 atom stereocenters. The van der Waals surface area contributed by atoms with Gasteiger partial charge in [-0.05, 0) is 55.7 Å². The van der Waals surface area contributed by atoms with Gasteiger partial charge in [-0.15, -0.1) is 12.3 Å². The number of nitrogens with zero attached hydrogens (tertiary/aromatic N) is 6. The van der Waals surface area contributed by atoms with Gasteiger partial charge in [0.05, 0.1) is 28.9 Å². The highest BCUT2D eigenvalue weighted by Gasteiger charge is 2.31. The average molecular weight is 613 g/mol. The highest BCUT2D eigenvalue weighted by Crippen LogP contribution is 2.37. The van der Waals surface area contributed by atoms with Gasteiger partial charge in [0, 0.05) is 38.3 Å². The minimum atomic E-state index is -0.831. The van der Waals surface area contributed by atoms with Crippen LogP contribution in [0.1, 0.15) is 44.4 Å². The first-order valence-electron chi connectivity index (χ1n) is 14.7. The fourth-order valence-corrected chi connectivity index (χ4v) is 5.66. The molecule has 9 nitrogen and oxygen atoms in total. The quantitative estimate of drug-likeness (QED) is 0.154. The molecule has 1 aliphatic heterocycles. The number of aryl methyl sites for hydroxylation is 1. The van der Waals surface area contributed by atoms with Crippen molar-refractivity contribution in [3.63, 3.8) is 0 Å². The second-order valence-electron chi connectivity index (χ2n) is 11.2. The number of hydrogen-bond donors (Lipinski definition) is 0. The summed E-state index contributed by atoms with van der Waals surface area (Å²) in [5.74, 6) is 0.876. The van der Waals surface area contributed by atoms with Crippen LogP contribution in [0.3, 0.4) is 0 Å². The fourth-order valence-electron chi connectivity index (χ4n) is 5.66. The van der Waals surface area contributed by atoms with Crippen LogP contribution in [0.15, 0.2) is 54.0 Å². The number of carbonyl (C=O) groups is 1. The standard InChI is InChI=1S/C34H34F2N6O3/c1-7-9-17-45-26-12-10-11-24(35)28(26)30-25(36)18-23-32(41-16-15-40(19-22(41)6)27(43)8-2)39-34(44)42(33(23)38-30)31-21(5)13-14-37-29(31)20(3)4/h1,8,10-14,18,20,22H,2,9,15-17,19H2,3-6H3/t22-/m0/s1. The van der Waals surface area contributed by atoms with E-state index in [-0.39, 0.29) is 64.8 Å². The second-order valence-corrected chi connectivity index (χ2v) is 11.2. The molecule has 3 aromatic heterocycles. The summed E-state index contributed by atoms with van der Waals surface area (Å²) >= 11 is 0. The Kier molecular flexibility index (Phi) is 8.95. The number of carbonyl (C=O) groups excluding carboxylic acids is 1. The topological polar surface area (TPSA) is 93.5 Å². The van der Waals surface area contributed by atoms with E-state index in [0.717, 1.165) is 5.56 Å². The van der Waals surface area contributed by atoms with Crippen LogP contribution >= 0.6 is 0 Å². The lowest BCUT2D eigenvalue weighted by molar-refractivity contribution is -0.126. The molecule has 5 rings (SSSR count). The van der Waals surface area contributed by atoms with Crippen LogP contribution in [0.5, 0.6) is 5.75 Å². The third-order valence-corrected chi connectivity index (χ3v) is 7.83. The average Bonchev–Trinajstić information content (AvgIpc) is 3.01. The van der Waals surface area contributed by atoms with Crippen LogP contribution in [0, 0.1) is 30.9 Å². The van der Waals surface area contributed by atoms with E-state index in [1.165, 1.54) is 34.9 Å². The normalized spacial score (nSPS) is 14.9. The number of pyridine rings is 2. The summed E-state index contributed by atoms with van der Waals surface area (Å²) < 4.78 is 38.7. The maximum Gasteiger partial charge on any atom is 0.355 e. The number of hydrogen-bond acceptors (Lipinski definition) is 7. The van der Waals surface area contributed by atoms with Crippen molar-refractivity contribution >= 4 is 22.8 Å². The number of anilines is 1. The van der Waals surface area contributed by atoms with Gasteiger partial charge in [-0.2, -0.15) is 4.98 Å². The lowest BCUT2D eigenvalue weighted by Crippen LogP contribution is -2.54. The lowest BCUT2D eigenvalue weighted by atomic mass is 10.0. The van der Waals surface area contributed by atoms with Gasteiger partial charge >= 0.3 is 5.69 Å². The molecule has 0 unspecified atom stereocenters. The van der Waals surface area contributed by atoms with Crippen molar-refractivity contribution in [3.05, 3.63) is 82.6 Å². The Morgan fingerprint density at radius 1 is 1.22 bits per heavy atom. The van der Waals surface area contributed by atoms with Crippen LogP contribution in [0.4, 0.5) is 14.6 Å². The van der Waals surface area contributed by atoms with Gasteiger partial charge in [0.2, 0.25) is 5.91 Å². The maximum absolute atomic E-state index is 16.2. The second kappa shape index (κ2) is 12.9. The molecule has 232 valence electrons. The highest BCUT2D eigenvalue weighted by atomic mass is 19.1. The number of rotatable bonds is 8. The summed E-state index contributed by atoms with van der Waals surface area (Å²) in [5, 5.41) is 0.246. The van der Waals surface area contributed by atoms with E-state index in [4.69, 9.17) is 11.2 Å². The summed E-state index contributed by atoms with van der Waals surface area (Å²) in [6, 6.07) is 6.87. The number of terminal acetylenes is 1. The van der Waals surface area contributed by atoms with Gasteiger partial charge < -0.3 is 14.5 Å². The molecule has 4 aromatic rings. The molecule has 0 radical (unpaired) electrons. The number of ether oxygens (including phenoxy) is 1. The Balaban J connectivity index is 1.81. The Bertz CT molecular complexity index is 1900.